The topological polar surface area (TPSA) is 118 Å². The first-order valence-electron chi connectivity index (χ1n) is 5.37. The second-order valence-corrected chi connectivity index (χ2v) is 5.49. The predicted octanol–water partition coefficient (Wildman–Crippen LogP) is 1.98. The number of rotatable bonds is 2. The lowest BCUT2D eigenvalue weighted by Gasteiger charge is -1.89. The molecule has 0 atom stereocenters. The standard InChI is InChI=1S/2C6H6.H2O7S2/c2*1-2-4-6-5-3-1;1-8(2,3)7-9(4,5)6/h2*1-6H;(H,1,2,3)(H,4,5,6). The molecule has 0 aromatic heterocycles. The van der Waals surface area contributed by atoms with E-state index < -0.39 is 20.8 Å². The van der Waals surface area contributed by atoms with Crippen molar-refractivity contribution in [3.8, 4) is 0 Å². The molecule has 7 nitrogen and oxygen atoms in total. The van der Waals surface area contributed by atoms with E-state index in [0.717, 1.165) is 0 Å². The summed E-state index contributed by atoms with van der Waals surface area (Å²) in [5, 5.41) is 0. The van der Waals surface area contributed by atoms with Gasteiger partial charge in [-0.15, -0.1) is 3.63 Å². The molecule has 0 radical (unpaired) electrons. The zero-order valence-corrected chi connectivity index (χ0v) is 12.3. The lowest BCUT2D eigenvalue weighted by molar-refractivity contribution is 0.344. The average molecular weight is 334 g/mol. The maximum absolute atomic E-state index is 9.44. The van der Waals surface area contributed by atoms with Crippen LogP contribution < -0.4 is 0 Å². The van der Waals surface area contributed by atoms with Crippen LogP contribution in [0.15, 0.2) is 72.8 Å². The summed E-state index contributed by atoms with van der Waals surface area (Å²) in [4.78, 5) is 0. The minimum atomic E-state index is -5.12. The molecule has 0 heterocycles. The molecule has 0 saturated carbocycles. The van der Waals surface area contributed by atoms with Crippen LogP contribution in [-0.4, -0.2) is 25.9 Å². The molecule has 2 rings (SSSR count). The van der Waals surface area contributed by atoms with Crippen molar-refractivity contribution in [2.75, 3.05) is 0 Å². The van der Waals surface area contributed by atoms with Crippen molar-refractivity contribution in [2.24, 2.45) is 0 Å². The van der Waals surface area contributed by atoms with Crippen LogP contribution in [0.3, 0.4) is 0 Å². The van der Waals surface area contributed by atoms with Crippen molar-refractivity contribution >= 4 is 20.8 Å². The molecule has 0 unspecified atom stereocenters. The van der Waals surface area contributed by atoms with Crippen LogP contribution in [-0.2, 0) is 24.4 Å². The SMILES string of the molecule is O=S(=O)(O)OS(=O)(=O)O.c1ccccc1.c1ccccc1. The highest BCUT2D eigenvalue weighted by atomic mass is 32.3. The van der Waals surface area contributed by atoms with E-state index in [4.69, 9.17) is 9.11 Å². The Kier molecular flexibility index (Phi) is 9.17. The molecule has 0 aliphatic carbocycles. The van der Waals surface area contributed by atoms with Gasteiger partial charge in [0.1, 0.15) is 0 Å². The first-order chi connectivity index (χ1) is 9.71. The van der Waals surface area contributed by atoms with Crippen LogP contribution in [0.1, 0.15) is 0 Å². The summed E-state index contributed by atoms with van der Waals surface area (Å²) >= 11 is 0. The van der Waals surface area contributed by atoms with Gasteiger partial charge in [0.25, 0.3) is 0 Å². The number of hydrogen-bond acceptors (Lipinski definition) is 5. The monoisotopic (exact) mass is 334 g/mol. The Morgan fingerprint density at radius 1 is 0.476 bits per heavy atom. The van der Waals surface area contributed by atoms with Gasteiger partial charge in [-0.05, 0) is 0 Å². The number of benzene rings is 2. The fourth-order valence-electron chi connectivity index (χ4n) is 0.878. The third kappa shape index (κ3) is 18.2. The first kappa shape index (κ1) is 19.2. The molecular weight excluding hydrogens is 320 g/mol. The van der Waals surface area contributed by atoms with Crippen molar-refractivity contribution in [2.45, 2.75) is 0 Å². The summed E-state index contributed by atoms with van der Waals surface area (Å²) in [6.45, 7) is 0. The van der Waals surface area contributed by atoms with Gasteiger partial charge >= 0.3 is 20.8 Å². The second-order valence-electron chi connectivity index (χ2n) is 3.23. The maximum Gasteiger partial charge on any atom is 0.413 e. The highest BCUT2D eigenvalue weighted by Crippen LogP contribution is 1.91. The summed E-state index contributed by atoms with van der Waals surface area (Å²) in [5.74, 6) is 0. The third-order valence-corrected chi connectivity index (χ3v) is 2.88. The zero-order chi connectivity index (χ0) is 16.2. The molecule has 0 amide bonds. The van der Waals surface area contributed by atoms with Crippen molar-refractivity contribution in [1.82, 2.24) is 0 Å². The highest BCUT2D eigenvalue weighted by molar-refractivity contribution is 7.94. The summed E-state index contributed by atoms with van der Waals surface area (Å²) in [5.41, 5.74) is 0. The van der Waals surface area contributed by atoms with Gasteiger partial charge in [-0.25, -0.2) is 0 Å². The van der Waals surface area contributed by atoms with Crippen molar-refractivity contribution in [3.05, 3.63) is 72.8 Å². The molecule has 116 valence electrons. The van der Waals surface area contributed by atoms with E-state index in [1.54, 1.807) is 0 Å². The molecule has 0 aliphatic heterocycles. The first-order valence-corrected chi connectivity index (χ1v) is 8.10. The lowest BCUT2D eigenvalue weighted by atomic mass is 10.4. The Balaban J connectivity index is 0.000000293. The van der Waals surface area contributed by atoms with Crippen LogP contribution in [0.4, 0.5) is 0 Å². The van der Waals surface area contributed by atoms with Crippen LogP contribution in [0, 0.1) is 0 Å². The summed E-state index contributed by atoms with van der Waals surface area (Å²) < 4.78 is 55.6. The van der Waals surface area contributed by atoms with Gasteiger partial charge in [-0.3, -0.25) is 9.11 Å². The molecule has 2 N–H and O–H groups in total. The Labute approximate surface area is 123 Å². The van der Waals surface area contributed by atoms with Crippen LogP contribution in [0.5, 0.6) is 0 Å². The zero-order valence-electron chi connectivity index (χ0n) is 10.7. The Morgan fingerprint density at radius 2 is 0.619 bits per heavy atom. The van der Waals surface area contributed by atoms with Gasteiger partial charge in [0.2, 0.25) is 0 Å². The number of hydrogen-bond donors (Lipinski definition) is 2. The van der Waals surface area contributed by atoms with Gasteiger partial charge in [0.05, 0.1) is 0 Å². The molecular formula is C12H14O7S2. The van der Waals surface area contributed by atoms with Crippen LogP contribution in [0.25, 0.3) is 0 Å². The van der Waals surface area contributed by atoms with Gasteiger partial charge in [-0.2, -0.15) is 16.8 Å². The van der Waals surface area contributed by atoms with E-state index in [0.29, 0.717) is 0 Å². The summed E-state index contributed by atoms with van der Waals surface area (Å²) in [7, 11) is -10.2. The largest absolute Gasteiger partial charge is 0.413 e. The van der Waals surface area contributed by atoms with Gasteiger partial charge in [0, 0.05) is 0 Å². The van der Waals surface area contributed by atoms with Gasteiger partial charge < -0.3 is 0 Å². The lowest BCUT2D eigenvalue weighted by Crippen LogP contribution is -2.10. The summed E-state index contributed by atoms with van der Waals surface area (Å²) in [6.07, 6.45) is 0. The third-order valence-electron chi connectivity index (χ3n) is 1.51. The molecule has 2 aromatic rings. The average Bonchev–Trinajstić information content (AvgIpc) is 2.40. The molecule has 0 fully saturated rings. The highest BCUT2D eigenvalue weighted by Gasteiger charge is 2.15. The smallest absolute Gasteiger partial charge is 0.263 e. The fourth-order valence-corrected chi connectivity index (χ4v) is 1.75. The quantitative estimate of drug-likeness (QED) is 0.806. The van der Waals surface area contributed by atoms with Crippen molar-refractivity contribution < 1.29 is 29.6 Å². The van der Waals surface area contributed by atoms with E-state index in [1.165, 1.54) is 0 Å². The molecule has 0 spiro atoms. The van der Waals surface area contributed by atoms with Crippen LogP contribution in [0.2, 0.25) is 0 Å². The maximum atomic E-state index is 9.44. The molecule has 2 aromatic carbocycles. The molecule has 0 saturated heterocycles. The van der Waals surface area contributed by atoms with E-state index in [1.807, 2.05) is 72.8 Å². The molecule has 0 bridgehead atoms. The second kappa shape index (κ2) is 10.0. The normalized spacial score (nSPS) is 10.4. The van der Waals surface area contributed by atoms with Crippen molar-refractivity contribution in [1.29, 1.82) is 0 Å². The van der Waals surface area contributed by atoms with Crippen molar-refractivity contribution in [3.63, 3.8) is 0 Å². The molecule has 21 heavy (non-hydrogen) atoms. The van der Waals surface area contributed by atoms with Gasteiger partial charge in [-0.1, -0.05) is 72.8 Å². The fraction of sp³-hybridized carbons (Fsp3) is 0. The summed E-state index contributed by atoms with van der Waals surface area (Å²) in [6, 6.07) is 24.0. The molecule has 9 heteroatoms. The minimum Gasteiger partial charge on any atom is -0.263 e. The Morgan fingerprint density at radius 3 is 0.667 bits per heavy atom. The molecule has 0 aliphatic rings. The van der Waals surface area contributed by atoms with Crippen LogP contribution >= 0.6 is 0 Å². The van der Waals surface area contributed by atoms with E-state index in [2.05, 4.69) is 3.63 Å². The van der Waals surface area contributed by atoms with E-state index in [-0.39, 0.29) is 0 Å². The Bertz CT molecular complexity index is 553. The van der Waals surface area contributed by atoms with Gasteiger partial charge in [0.15, 0.2) is 0 Å². The minimum absolute atomic E-state index is 2.00. The Hall–Kier alpha value is -1.78. The predicted molar refractivity (Wildman–Crippen MR) is 77.1 cm³/mol. The van der Waals surface area contributed by atoms with E-state index in [9.17, 15) is 16.8 Å². The van der Waals surface area contributed by atoms with E-state index >= 15 is 0 Å².